The molecule has 0 N–H and O–H groups in total. The van der Waals surface area contributed by atoms with E-state index in [0.717, 1.165) is 18.8 Å². The second kappa shape index (κ2) is 4.68. The summed E-state index contributed by atoms with van der Waals surface area (Å²) in [6.07, 6.45) is 1.08. The molecular weight excluding hydrogens is 194 g/mol. The van der Waals surface area contributed by atoms with Crippen molar-refractivity contribution in [2.75, 3.05) is 13.2 Å². The first kappa shape index (κ1) is 9.83. The first-order chi connectivity index (χ1) is 7.38. The lowest BCUT2D eigenvalue weighted by Crippen LogP contribution is -2.15. The minimum atomic E-state index is 0.148. The Bertz CT molecular complexity index is 365. The molecular formula is C10H11N3O2. The Hall–Kier alpha value is -1.71. The van der Waals surface area contributed by atoms with E-state index in [9.17, 15) is 0 Å². The van der Waals surface area contributed by atoms with Gasteiger partial charge < -0.3 is 9.47 Å². The molecule has 1 heterocycles. The van der Waals surface area contributed by atoms with Crippen LogP contribution in [0.2, 0.25) is 0 Å². The van der Waals surface area contributed by atoms with Crippen LogP contribution in [0.4, 0.5) is 5.69 Å². The minimum Gasteiger partial charge on any atom is -0.488 e. The fraction of sp³-hybridized carbons (Fsp3) is 0.400. The summed E-state index contributed by atoms with van der Waals surface area (Å²) in [5.74, 6) is 0.780. The van der Waals surface area contributed by atoms with Crippen molar-refractivity contribution in [3.63, 3.8) is 0 Å². The van der Waals surface area contributed by atoms with Crippen LogP contribution in [0.1, 0.15) is 6.42 Å². The topological polar surface area (TPSA) is 67.2 Å². The molecule has 0 radical (unpaired) electrons. The van der Waals surface area contributed by atoms with Gasteiger partial charge in [-0.05, 0) is 29.8 Å². The van der Waals surface area contributed by atoms with Crippen LogP contribution in [0.5, 0.6) is 5.75 Å². The maximum atomic E-state index is 8.23. The number of hydrogen-bond donors (Lipinski definition) is 0. The van der Waals surface area contributed by atoms with Crippen molar-refractivity contribution >= 4 is 5.69 Å². The first-order valence-electron chi connectivity index (χ1n) is 4.78. The van der Waals surface area contributed by atoms with Gasteiger partial charge in [-0.2, -0.15) is 0 Å². The Morgan fingerprint density at radius 3 is 2.80 bits per heavy atom. The highest BCUT2D eigenvalue weighted by Gasteiger charge is 2.16. The van der Waals surface area contributed by atoms with Gasteiger partial charge in [0.25, 0.3) is 0 Å². The largest absolute Gasteiger partial charge is 0.488 e. The van der Waals surface area contributed by atoms with Gasteiger partial charge >= 0.3 is 0 Å². The highest BCUT2D eigenvalue weighted by atomic mass is 16.5. The molecule has 1 atom stereocenters. The smallest absolute Gasteiger partial charge is 0.124 e. The van der Waals surface area contributed by atoms with Crippen LogP contribution >= 0.6 is 0 Å². The number of nitrogens with zero attached hydrogens (tertiary/aromatic N) is 3. The molecule has 2 rings (SSSR count). The molecule has 0 spiro atoms. The van der Waals surface area contributed by atoms with E-state index in [0.29, 0.717) is 12.3 Å². The van der Waals surface area contributed by atoms with Gasteiger partial charge in [0.05, 0.1) is 13.2 Å². The SMILES string of the molecule is [N-]=[N+]=Nc1ccc(O[C@H]2CCOC2)cc1. The lowest BCUT2D eigenvalue weighted by atomic mass is 10.3. The first-order valence-corrected chi connectivity index (χ1v) is 4.78. The fourth-order valence-corrected chi connectivity index (χ4v) is 1.44. The normalized spacial score (nSPS) is 19.6. The number of rotatable bonds is 3. The molecule has 5 nitrogen and oxygen atoms in total. The standard InChI is InChI=1S/C10H11N3O2/c11-13-12-8-1-3-9(4-2-8)15-10-5-6-14-7-10/h1-4,10H,5-7H2/t10-/m0/s1. The van der Waals surface area contributed by atoms with Crippen molar-refractivity contribution in [3.8, 4) is 5.75 Å². The van der Waals surface area contributed by atoms with Crippen molar-refractivity contribution < 1.29 is 9.47 Å². The average Bonchev–Trinajstić information content (AvgIpc) is 2.74. The molecule has 1 aromatic carbocycles. The Kier molecular flexibility index (Phi) is 3.07. The summed E-state index contributed by atoms with van der Waals surface area (Å²) >= 11 is 0. The van der Waals surface area contributed by atoms with E-state index in [1.54, 1.807) is 24.3 Å². The molecule has 1 aliphatic heterocycles. The van der Waals surface area contributed by atoms with Gasteiger partial charge in [0.1, 0.15) is 11.9 Å². The number of benzene rings is 1. The maximum absolute atomic E-state index is 8.23. The third kappa shape index (κ3) is 2.62. The third-order valence-corrected chi connectivity index (χ3v) is 2.19. The predicted octanol–water partition coefficient (Wildman–Crippen LogP) is 2.80. The predicted molar refractivity (Wildman–Crippen MR) is 55.1 cm³/mol. The third-order valence-electron chi connectivity index (χ3n) is 2.19. The lowest BCUT2D eigenvalue weighted by Gasteiger charge is -2.11. The van der Waals surface area contributed by atoms with E-state index in [-0.39, 0.29) is 6.10 Å². The summed E-state index contributed by atoms with van der Waals surface area (Å²) < 4.78 is 10.8. The van der Waals surface area contributed by atoms with Crippen LogP contribution in [0, 0.1) is 0 Å². The van der Waals surface area contributed by atoms with Gasteiger partial charge in [-0.1, -0.05) is 5.11 Å². The van der Waals surface area contributed by atoms with Gasteiger partial charge in [0.15, 0.2) is 0 Å². The Morgan fingerprint density at radius 1 is 1.40 bits per heavy atom. The Balaban J connectivity index is 1.99. The highest BCUT2D eigenvalue weighted by Crippen LogP contribution is 2.20. The molecule has 1 aliphatic rings. The van der Waals surface area contributed by atoms with Gasteiger partial charge in [-0.15, -0.1) is 0 Å². The molecule has 1 saturated heterocycles. The highest BCUT2D eigenvalue weighted by molar-refractivity contribution is 5.41. The molecule has 1 aromatic rings. The minimum absolute atomic E-state index is 0.148. The fourth-order valence-electron chi connectivity index (χ4n) is 1.44. The molecule has 15 heavy (non-hydrogen) atoms. The molecule has 0 bridgehead atoms. The summed E-state index contributed by atoms with van der Waals surface area (Å²) in [5, 5.41) is 3.48. The number of hydrogen-bond acceptors (Lipinski definition) is 3. The zero-order valence-electron chi connectivity index (χ0n) is 8.17. The summed E-state index contributed by atoms with van der Waals surface area (Å²) in [6, 6.07) is 7.04. The zero-order chi connectivity index (χ0) is 10.5. The molecule has 0 unspecified atom stereocenters. The van der Waals surface area contributed by atoms with E-state index in [1.807, 2.05) is 0 Å². The van der Waals surface area contributed by atoms with Gasteiger partial charge in [-0.3, -0.25) is 0 Å². The van der Waals surface area contributed by atoms with E-state index < -0.39 is 0 Å². The van der Waals surface area contributed by atoms with Crippen LogP contribution < -0.4 is 4.74 Å². The maximum Gasteiger partial charge on any atom is 0.124 e. The molecule has 0 saturated carbocycles. The molecule has 5 heteroatoms. The molecule has 0 amide bonds. The van der Waals surface area contributed by atoms with Crippen LogP contribution in [0.3, 0.4) is 0 Å². The van der Waals surface area contributed by atoms with Crippen molar-refractivity contribution in [1.82, 2.24) is 0 Å². The molecule has 78 valence electrons. The van der Waals surface area contributed by atoms with E-state index in [2.05, 4.69) is 10.0 Å². The van der Waals surface area contributed by atoms with E-state index in [4.69, 9.17) is 15.0 Å². The van der Waals surface area contributed by atoms with Gasteiger partial charge in [0.2, 0.25) is 0 Å². The second-order valence-electron chi connectivity index (χ2n) is 3.29. The van der Waals surface area contributed by atoms with E-state index >= 15 is 0 Å². The Labute approximate surface area is 87.2 Å². The van der Waals surface area contributed by atoms with Gasteiger partial charge in [0, 0.05) is 17.0 Å². The monoisotopic (exact) mass is 205 g/mol. The number of azide groups is 1. The summed E-state index contributed by atoms with van der Waals surface area (Å²) in [5.41, 5.74) is 8.82. The Morgan fingerprint density at radius 2 is 2.20 bits per heavy atom. The zero-order valence-corrected chi connectivity index (χ0v) is 8.17. The quantitative estimate of drug-likeness (QED) is 0.432. The summed E-state index contributed by atoms with van der Waals surface area (Å²) in [6.45, 7) is 1.42. The number of ether oxygens (including phenoxy) is 2. The van der Waals surface area contributed by atoms with Gasteiger partial charge in [-0.25, -0.2) is 0 Å². The van der Waals surface area contributed by atoms with Crippen molar-refractivity contribution in [1.29, 1.82) is 0 Å². The molecule has 0 aromatic heterocycles. The summed E-state index contributed by atoms with van der Waals surface area (Å²) in [7, 11) is 0. The van der Waals surface area contributed by atoms with Crippen LogP contribution in [0.25, 0.3) is 10.4 Å². The van der Waals surface area contributed by atoms with Crippen molar-refractivity contribution in [2.24, 2.45) is 5.11 Å². The van der Waals surface area contributed by atoms with Crippen LogP contribution in [-0.2, 0) is 4.74 Å². The lowest BCUT2D eigenvalue weighted by molar-refractivity contribution is 0.141. The van der Waals surface area contributed by atoms with Crippen molar-refractivity contribution in [2.45, 2.75) is 12.5 Å². The van der Waals surface area contributed by atoms with E-state index in [1.165, 1.54) is 0 Å². The van der Waals surface area contributed by atoms with Crippen molar-refractivity contribution in [3.05, 3.63) is 34.7 Å². The second-order valence-corrected chi connectivity index (χ2v) is 3.29. The average molecular weight is 205 g/mol. The molecule has 1 fully saturated rings. The van der Waals surface area contributed by atoms with Crippen LogP contribution in [0.15, 0.2) is 29.4 Å². The molecule has 0 aliphatic carbocycles. The summed E-state index contributed by atoms with van der Waals surface area (Å²) in [4.78, 5) is 2.70. The van der Waals surface area contributed by atoms with Crippen LogP contribution in [-0.4, -0.2) is 19.3 Å².